The molecule has 1 aromatic heterocycles. The highest BCUT2D eigenvalue weighted by Gasteiger charge is 2.15. The van der Waals surface area contributed by atoms with Crippen molar-refractivity contribution in [2.45, 2.75) is 13.5 Å². The molecule has 36 heavy (non-hydrogen) atoms. The number of ether oxygens (including phenoxy) is 1. The molecule has 0 saturated carbocycles. The Hall–Kier alpha value is -4.57. The molecule has 0 saturated heterocycles. The number of carbonyl (C=O) groups is 1. The third-order valence-electron chi connectivity index (χ3n) is 6.28. The van der Waals surface area contributed by atoms with E-state index in [0.717, 1.165) is 44.4 Å². The summed E-state index contributed by atoms with van der Waals surface area (Å²) in [6.07, 6.45) is 3.39. The number of carbonyl (C=O) groups excluding carboxylic acids is 1. The van der Waals surface area contributed by atoms with Crippen LogP contribution in [0.15, 0.2) is 114 Å². The van der Waals surface area contributed by atoms with Crippen molar-refractivity contribution in [3.63, 3.8) is 0 Å². The number of nitrogens with one attached hydrogen (secondary N) is 1. The maximum atomic E-state index is 12.6. The first-order chi connectivity index (χ1) is 17.6. The number of furan rings is 1. The number of hydrogen-bond acceptors (Lipinski definition) is 3. The standard InChI is InChI=1S/C32H27NO3/c1-22(17-32(34)33-20-23-9-5-3-6-10-23)27-18-28-29(21-36-31(28)19-30(27)35-2)26-15-13-25(14-16-26)24-11-7-4-8-12-24/h3-19,21H,20H2,1-2H3,(H,33,34)/b22-17+. The van der Waals surface area contributed by atoms with Crippen molar-refractivity contribution in [1.29, 1.82) is 0 Å². The summed E-state index contributed by atoms with van der Waals surface area (Å²) in [4.78, 5) is 12.6. The lowest BCUT2D eigenvalue weighted by atomic mass is 9.97. The summed E-state index contributed by atoms with van der Waals surface area (Å²) in [6.45, 7) is 2.39. The van der Waals surface area contributed by atoms with E-state index in [9.17, 15) is 4.79 Å². The molecule has 0 bridgehead atoms. The maximum absolute atomic E-state index is 12.6. The van der Waals surface area contributed by atoms with E-state index in [2.05, 4.69) is 41.7 Å². The number of rotatable bonds is 7. The minimum atomic E-state index is -0.151. The molecule has 0 atom stereocenters. The lowest BCUT2D eigenvalue weighted by Crippen LogP contribution is -2.20. The lowest BCUT2D eigenvalue weighted by molar-refractivity contribution is -0.116. The molecular formula is C32H27NO3. The normalized spacial score (nSPS) is 11.4. The number of allylic oxidation sites excluding steroid dienone is 1. The highest BCUT2D eigenvalue weighted by Crippen LogP contribution is 2.37. The highest BCUT2D eigenvalue weighted by atomic mass is 16.5. The number of benzene rings is 4. The van der Waals surface area contributed by atoms with E-state index in [1.807, 2.05) is 67.6 Å². The third-order valence-corrected chi connectivity index (χ3v) is 6.28. The highest BCUT2D eigenvalue weighted by molar-refractivity contribution is 6.00. The monoisotopic (exact) mass is 473 g/mol. The minimum Gasteiger partial charge on any atom is -0.496 e. The molecule has 1 N–H and O–H groups in total. The van der Waals surface area contributed by atoms with Crippen LogP contribution in [-0.2, 0) is 11.3 Å². The zero-order chi connectivity index (χ0) is 24.9. The summed E-state index contributed by atoms with van der Waals surface area (Å²) in [5, 5.41) is 3.92. The number of amides is 1. The Kier molecular flexibility index (Phi) is 6.67. The molecule has 4 nitrogen and oxygen atoms in total. The van der Waals surface area contributed by atoms with Gasteiger partial charge in [0.05, 0.1) is 13.4 Å². The Morgan fingerprint density at radius 2 is 1.50 bits per heavy atom. The fraction of sp³-hybridized carbons (Fsp3) is 0.0938. The molecule has 0 aliphatic rings. The summed E-state index contributed by atoms with van der Waals surface area (Å²) in [7, 11) is 1.62. The molecule has 178 valence electrons. The quantitative estimate of drug-likeness (QED) is 0.249. The average Bonchev–Trinajstić information content (AvgIpc) is 3.35. The topological polar surface area (TPSA) is 51.5 Å². The second-order valence-corrected chi connectivity index (χ2v) is 8.67. The van der Waals surface area contributed by atoms with Crippen molar-refractivity contribution in [3.05, 3.63) is 121 Å². The van der Waals surface area contributed by atoms with Crippen LogP contribution in [0.3, 0.4) is 0 Å². The summed E-state index contributed by atoms with van der Waals surface area (Å²) in [6, 6.07) is 32.5. The second-order valence-electron chi connectivity index (χ2n) is 8.67. The van der Waals surface area contributed by atoms with Crippen LogP contribution in [0.25, 0.3) is 38.8 Å². The van der Waals surface area contributed by atoms with Crippen molar-refractivity contribution >= 4 is 22.4 Å². The van der Waals surface area contributed by atoms with Crippen LogP contribution >= 0.6 is 0 Å². The van der Waals surface area contributed by atoms with Crippen molar-refractivity contribution in [2.24, 2.45) is 0 Å². The van der Waals surface area contributed by atoms with Crippen molar-refractivity contribution in [1.82, 2.24) is 5.32 Å². The predicted molar refractivity (Wildman–Crippen MR) is 146 cm³/mol. The third kappa shape index (κ3) is 4.93. The molecule has 4 heteroatoms. The molecule has 5 aromatic rings. The fourth-order valence-corrected chi connectivity index (χ4v) is 4.34. The van der Waals surface area contributed by atoms with Gasteiger partial charge < -0.3 is 14.5 Å². The Balaban J connectivity index is 1.43. The predicted octanol–water partition coefficient (Wildman–Crippen LogP) is 7.50. The Morgan fingerprint density at radius 3 is 2.19 bits per heavy atom. The Labute approximate surface area is 210 Å². The van der Waals surface area contributed by atoms with Gasteiger partial charge in [-0.1, -0.05) is 84.9 Å². The van der Waals surface area contributed by atoms with Crippen molar-refractivity contribution in [3.8, 4) is 28.0 Å². The second kappa shape index (κ2) is 10.4. The van der Waals surface area contributed by atoms with Gasteiger partial charge in [-0.25, -0.2) is 0 Å². The zero-order valence-corrected chi connectivity index (χ0v) is 20.3. The van der Waals surface area contributed by atoms with Gasteiger partial charge in [-0.05, 0) is 40.8 Å². The van der Waals surface area contributed by atoms with E-state index < -0.39 is 0 Å². The van der Waals surface area contributed by atoms with Crippen LogP contribution in [0, 0.1) is 0 Å². The van der Waals surface area contributed by atoms with Gasteiger partial charge in [-0.3, -0.25) is 4.79 Å². The van der Waals surface area contributed by atoms with Gasteiger partial charge in [-0.2, -0.15) is 0 Å². The number of hydrogen-bond donors (Lipinski definition) is 1. The van der Waals surface area contributed by atoms with Crippen LogP contribution in [0.2, 0.25) is 0 Å². The fourth-order valence-electron chi connectivity index (χ4n) is 4.34. The van der Waals surface area contributed by atoms with Gasteiger partial charge in [0, 0.05) is 35.2 Å². The largest absolute Gasteiger partial charge is 0.496 e. The first kappa shape index (κ1) is 23.2. The van der Waals surface area contributed by atoms with Gasteiger partial charge in [0.15, 0.2) is 0 Å². The van der Waals surface area contributed by atoms with Crippen LogP contribution < -0.4 is 10.1 Å². The molecule has 0 radical (unpaired) electrons. The van der Waals surface area contributed by atoms with Crippen LogP contribution in [0.5, 0.6) is 5.75 Å². The Bertz CT molecular complexity index is 1520. The SMILES string of the molecule is COc1cc2occ(-c3ccc(-c4ccccc4)cc3)c2cc1/C(C)=C/C(=O)NCc1ccccc1. The van der Waals surface area contributed by atoms with Gasteiger partial charge >= 0.3 is 0 Å². The number of fused-ring (bicyclic) bond motifs is 1. The van der Waals surface area contributed by atoms with Gasteiger partial charge in [-0.15, -0.1) is 0 Å². The Morgan fingerprint density at radius 1 is 0.861 bits per heavy atom. The van der Waals surface area contributed by atoms with Gasteiger partial charge in [0.2, 0.25) is 5.91 Å². The molecule has 0 aliphatic heterocycles. The first-order valence-electron chi connectivity index (χ1n) is 11.9. The number of methoxy groups -OCH3 is 1. The molecule has 1 heterocycles. The van der Waals surface area contributed by atoms with Crippen LogP contribution in [0.1, 0.15) is 18.1 Å². The zero-order valence-electron chi connectivity index (χ0n) is 20.3. The molecular weight excluding hydrogens is 446 g/mol. The smallest absolute Gasteiger partial charge is 0.244 e. The summed E-state index contributed by atoms with van der Waals surface area (Å²) in [5.41, 5.74) is 7.85. The summed E-state index contributed by atoms with van der Waals surface area (Å²) >= 11 is 0. The van der Waals surface area contributed by atoms with E-state index in [-0.39, 0.29) is 5.91 Å². The van der Waals surface area contributed by atoms with Crippen molar-refractivity contribution in [2.75, 3.05) is 7.11 Å². The molecule has 0 unspecified atom stereocenters. The van der Waals surface area contributed by atoms with Crippen LogP contribution in [0.4, 0.5) is 0 Å². The average molecular weight is 474 g/mol. The van der Waals surface area contributed by atoms with E-state index in [4.69, 9.17) is 9.15 Å². The summed E-state index contributed by atoms with van der Waals surface area (Å²) < 4.78 is 11.5. The molecule has 1 amide bonds. The minimum absolute atomic E-state index is 0.151. The molecule has 0 aliphatic carbocycles. The van der Waals surface area contributed by atoms with Gasteiger partial charge in [0.1, 0.15) is 11.3 Å². The van der Waals surface area contributed by atoms with Gasteiger partial charge in [0.25, 0.3) is 0 Å². The first-order valence-corrected chi connectivity index (χ1v) is 11.9. The summed E-state index contributed by atoms with van der Waals surface area (Å²) in [5.74, 6) is 0.509. The molecule has 0 spiro atoms. The molecule has 5 rings (SSSR count). The van der Waals surface area contributed by atoms with E-state index in [1.54, 1.807) is 19.4 Å². The molecule has 4 aromatic carbocycles. The van der Waals surface area contributed by atoms with E-state index >= 15 is 0 Å². The maximum Gasteiger partial charge on any atom is 0.244 e. The van der Waals surface area contributed by atoms with E-state index in [1.165, 1.54) is 5.56 Å². The molecule has 0 fully saturated rings. The van der Waals surface area contributed by atoms with E-state index in [0.29, 0.717) is 12.3 Å². The lowest BCUT2D eigenvalue weighted by Gasteiger charge is -2.10. The van der Waals surface area contributed by atoms with Crippen LogP contribution in [-0.4, -0.2) is 13.0 Å². The van der Waals surface area contributed by atoms with Crippen molar-refractivity contribution < 1.29 is 13.9 Å².